The molecule has 2 bridgehead atoms. The molecule has 1 N–H and O–H groups in total. The van der Waals surface area contributed by atoms with Crippen molar-refractivity contribution in [3.8, 4) is 5.75 Å². The van der Waals surface area contributed by atoms with Gasteiger partial charge in [0.2, 0.25) is 0 Å². The molecule has 120 valence electrons. The minimum Gasteiger partial charge on any atom is -0.480 e. The summed E-state index contributed by atoms with van der Waals surface area (Å²) >= 11 is 0. The Bertz CT molecular complexity index is 721. The summed E-state index contributed by atoms with van der Waals surface area (Å²) in [4.78, 5) is 12.5. The van der Waals surface area contributed by atoms with Crippen LogP contribution < -0.4 is 10.1 Å². The Balaban J connectivity index is 1.44. The van der Waals surface area contributed by atoms with Crippen molar-refractivity contribution in [2.75, 3.05) is 0 Å². The molecule has 1 amide bonds. The molecule has 2 aromatic rings. The molecule has 3 heteroatoms. The van der Waals surface area contributed by atoms with Crippen molar-refractivity contribution in [2.45, 2.75) is 44.8 Å². The monoisotopic (exact) mass is 309 g/mol. The average Bonchev–Trinajstić information content (AvgIpc) is 3.18. The SMILES string of the molecule is C[C@H](Oc1cccc2ccccc12)C(=O)N[C@H]1C[C@H]2CC[C@H]1C2. The second kappa shape index (κ2) is 5.88. The van der Waals surface area contributed by atoms with Gasteiger partial charge in [-0.25, -0.2) is 0 Å². The summed E-state index contributed by atoms with van der Waals surface area (Å²) in [7, 11) is 0. The van der Waals surface area contributed by atoms with E-state index < -0.39 is 6.10 Å². The molecule has 0 aromatic heterocycles. The molecule has 4 atom stereocenters. The fraction of sp³-hybridized carbons (Fsp3) is 0.450. The van der Waals surface area contributed by atoms with E-state index in [1.807, 2.05) is 37.3 Å². The molecule has 0 saturated heterocycles. The number of hydrogen-bond donors (Lipinski definition) is 1. The molecule has 0 aliphatic heterocycles. The van der Waals surface area contributed by atoms with Crippen molar-refractivity contribution in [1.82, 2.24) is 5.32 Å². The quantitative estimate of drug-likeness (QED) is 0.930. The molecule has 23 heavy (non-hydrogen) atoms. The summed E-state index contributed by atoms with van der Waals surface area (Å²) in [5, 5.41) is 5.40. The number of fused-ring (bicyclic) bond motifs is 3. The lowest BCUT2D eigenvalue weighted by Gasteiger charge is -2.25. The van der Waals surface area contributed by atoms with Crippen molar-refractivity contribution in [1.29, 1.82) is 0 Å². The van der Waals surface area contributed by atoms with Crippen LogP contribution >= 0.6 is 0 Å². The minimum atomic E-state index is -0.472. The van der Waals surface area contributed by atoms with Crippen molar-refractivity contribution >= 4 is 16.7 Å². The highest BCUT2D eigenvalue weighted by atomic mass is 16.5. The summed E-state index contributed by atoms with van der Waals surface area (Å²) in [6.07, 6.45) is 4.59. The zero-order valence-electron chi connectivity index (χ0n) is 13.5. The lowest BCUT2D eigenvalue weighted by atomic mass is 9.95. The van der Waals surface area contributed by atoms with Gasteiger partial charge in [-0.05, 0) is 49.5 Å². The van der Waals surface area contributed by atoms with Gasteiger partial charge in [-0.2, -0.15) is 0 Å². The van der Waals surface area contributed by atoms with Crippen LogP contribution in [-0.4, -0.2) is 18.1 Å². The van der Waals surface area contributed by atoms with Crippen LogP contribution in [0.25, 0.3) is 10.8 Å². The zero-order valence-corrected chi connectivity index (χ0v) is 13.5. The fourth-order valence-corrected chi connectivity index (χ4v) is 4.26. The minimum absolute atomic E-state index is 0.00971. The maximum Gasteiger partial charge on any atom is 0.261 e. The second-order valence-corrected chi connectivity index (χ2v) is 7.03. The first-order valence-corrected chi connectivity index (χ1v) is 8.65. The van der Waals surface area contributed by atoms with Crippen molar-refractivity contribution < 1.29 is 9.53 Å². The van der Waals surface area contributed by atoms with Crippen molar-refractivity contribution in [2.24, 2.45) is 11.8 Å². The summed E-state index contributed by atoms with van der Waals surface area (Å²) in [5.41, 5.74) is 0. The van der Waals surface area contributed by atoms with E-state index in [-0.39, 0.29) is 5.91 Å². The number of carbonyl (C=O) groups excluding carboxylic acids is 1. The van der Waals surface area contributed by atoms with Gasteiger partial charge >= 0.3 is 0 Å². The van der Waals surface area contributed by atoms with Crippen LogP contribution in [0.4, 0.5) is 0 Å². The van der Waals surface area contributed by atoms with Crippen LogP contribution in [0.5, 0.6) is 5.75 Å². The van der Waals surface area contributed by atoms with Crippen LogP contribution in [0, 0.1) is 11.8 Å². The summed E-state index contributed by atoms with van der Waals surface area (Å²) in [6.45, 7) is 1.84. The topological polar surface area (TPSA) is 38.3 Å². The zero-order chi connectivity index (χ0) is 15.8. The van der Waals surface area contributed by atoms with Crippen LogP contribution in [0.2, 0.25) is 0 Å². The molecular formula is C20H23NO2. The highest BCUT2D eigenvalue weighted by Crippen LogP contribution is 2.44. The van der Waals surface area contributed by atoms with E-state index in [1.165, 1.54) is 19.3 Å². The lowest BCUT2D eigenvalue weighted by molar-refractivity contribution is -0.128. The van der Waals surface area contributed by atoms with E-state index in [0.29, 0.717) is 12.0 Å². The molecule has 2 aromatic carbocycles. The fourth-order valence-electron chi connectivity index (χ4n) is 4.26. The first-order chi connectivity index (χ1) is 11.2. The van der Waals surface area contributed by atoms with E-state index in [2.05, 4.69) is 17.4 Å². The summed E-state index contributed by atoms with van der Waals surface area (Å²) in [6, 6.07) is 14.4. The van der Waals surface area contributed by atoms with Gasteiger partial charge in [-0.15, -0.1) is 0 Å². The molecule has 0 unspecified atom stereocenters. The molecule has 0 heterocycles. The Labute approximate surface area is 137 Å². The predicted molar refractivity (Wildman–Crippen MR) is 91.4 cm³/mol. The normalized spacial score (nSPS) is 27.1. The molecule has 0 spiro atoms. The molecule has 2 fully saturated rings. The molecule has 0 radical (unpaired) electrons. The number of benzene rings is 2. The van der Waals surface area contributed by atoms with E-state index in [4.69, 9.17) is 4.74 Å². The highest BCUT2D eigenvalue weighted by molar-refractivity contribution is 5.89. The van der Waals surface area contributed by atoms with Crippen molar-refractivity contribution in [3.05, 3.63) is 42.5 Å². The second-order valence-electron chi connectivity index (χ2n) is 7.03. The van der Waals surface area contributed by atoms with Crippen molar-refractivity contribution in [3.63, 3.8) is 0 Å². The number of ether oxygens (including phenoxy) is 1. The first-order valence-electron chi connectivity index (χ1n) is 8.65. The molecule has 2 aliphatic rings. The molecule has 3 nitrogen and oxygen atoms in total. The van der Waals surface area contributed by atoms with E-state index in [1.54, 1.807) is 0 Å². The van der Waals surface area contributed by atoms with Crippen LogP contribution in [0.1, 0.15) is 32.6 Å². The van der Waals surface area contributed by atoms with E-state index >= 15 is 0 Å². The maximum atomic E-state index is 12.5. The molecule has 2 saturated carbocycles. The number of amides is 1. The average molecular weight is 309 g/mol. The third-order valence-electron chi connectivity index (χ3n) is 5.49. The van der Waals surface area contributed by atoms with Gasteiger partial charge in [0.15, 0.2) is 6.10 Å². The van der Waals surface area contributed by atoms with Gasteiger partial charge in [0.1, 0.15) is 5.75 Å². The molecule has 2 aliphatic carbocycles. The van der Waals surface area contributed by atoms with Gasteiger partial charge in [0.25, 0.3) is 5.91 Å². The maximum absolute atomic E-state index is 12.5. The number of rotatable bonds is 4. The lowest BCUT2D eigenvalue weighted by Crippen LogP contribution is -2.44. The Morgan fingerprint density at radius 2 is 1.96 bits per heavy atom. The number of nitrogens with one attached hydrogen (secondary N) is 1. The Morgan fingerprint density at radius 1 is 1.13 bits per heavy atom. The number of carbonyl (C=O) groups is 1. The Hall–Kier alpha value is -2.03. The smallest absolute Gasteiger partial charge is 0.261 e. The predicted octanol–water partition coefficient (Wildman–Crippen LogP) is 3.91. The third kappa shape index (κ3) is 2.80. The Kier molecular flexibility index (Phi) is 3.72. The number of hydrogen-bond acceptors (Lipinski definition) is 2. The largest absolute Gasteiger partial charge is 0.480 e. The van der Waals surface area contributed by atoms with Gasteiger partial charge < -0.3 is 10.1 Å². The van der Waals surface area contributed by atoms with E-state index in [0.717, 1.165) is 28.9 Å². The van der Waals surface area contributed by atoms with Gasteiger partial charge in [0, 0.05) is 11.4 Å². The third-order valence-corrected chi connectivity index (χ3v) is 5.49. The summed E-state index contributed by atoms with van der Waals surface area (Å²) in [5.74, 6) is 2.31. The Morgan fingerprint density at radius 3 is 2.74 bits per heavy atom. The van der Waals surface area contributed by atoms with Crippen LogP contribution in [-0.2, 0) is 4.79 Å². The molecule has 4 rings (SSSR count). The van der Waals surface area contributed by atoms with Gasteiger partial charge in [-0.1, -0.05) is 42.8 Å². The highest BCUT2D eigenvalue weighted by Gasteiger charge is 2.40. The van der Waals surface area contributed by atoms with Crippen LogP contribution in [0.15, 0.2) is 42.5 Å². The summed E-state index contributed by atoms with van der Waals surface area (Å²) < 4.78 is 5.97. The standard InChI is InChI=1S/C20H23NO2/c1-13(20(22)21-18-12-14-9-10-16(18)11-14)23-19-8-4-6-15-5-2-3-7-17(15)19/h2-8,13-14,16,18H,9-12H2,1H3,(H,21,22)/t13-,14-,16-,18-/m0/s1. The molecular weight excluding hydrogens is 286 g/mol. The van der Waals surface area contributed by atoms with Crippen LogP contribution in [0.3, 0.4) is 0 Å². The first kappa shape index (κ1) is 14.6. The van der Waals surface area contributed by atoms with Gasteiger partial charge in [-0.3, -0.25) is 4.79 Å². The van der Waals surface area contributed by atoms with Gasteiger partial charge in [0.05, 0.1) is 0 Å². The van der Waals surface area contributed by atoms with E-state index in [9.17, 15) is 4.79 Å².